The first-order valence-electron chi connectivity index (χ1n) is 4.89. The van der Waals surface area contributed by atoms with Crippen LogP contribution in [0.4, 0.5) is 0 Å². The van der Waals surface area contributed by atoms with Crippen molar-refractivity contribution in [2.45, 2.75) is 0 Å². The summed E-state index contributed by atoms with van der Waals surface area (Å²) >= 11 is 0. The average molecular weight is 504 g/mol. The summed E-state index contributed by atoms with van der Waals surface area (Å²) in [5.41, 5.74) is 2.75. The molecule has 96 valence electrons. The first-order chi connectivity index (χ1) is 7.95. The van der Waals surface area contributed by atoms with Gasteiger partial charge in [0, 0.05) is 52.8 Å². The predicted molar refractivity (Wildman–Crippen MR) is 64.5 cm³/mol. The van der Waals surface area contributed by atoms with E-state index in [4.69, 9.17) is 0 Å². The smallest absolute Gasteiger partial charge is 0.142 e. The van der Waals surface area contributed by atoms with Gasteiger partial charge in [0.2, 0.25) is 0 Å². The molecule has 2 radical (unpaired) electrons. The number of imidazole rings is 1. The molecule has 0 spiro atoms. The Morgan fingerprint density at radius 1 is 1.26 bits per heavy atom. The van der Waals surface area contributed by atoms with Gasteiger partial charge in [0.1, 0.15) is 12.0 Å². The quantitative estimate of drug-likeness (QED) is 0.343. The number of aromatic nitrogens is 5. The number of hydrogen-bond donors (Lipinski definition) is 0. The molecule has 0 atom stereocenters. The second-order valence-electron chi connectivity index (χ2n) is 3.55. The molecule has 0 aliphatic heterocycles. The monoisotopic (exact) mass is 505 g/mol. The summed E-state index contributed by atoms with van der Waals surface area (Å²) < 4.78 is 3.75. The third-order valence-electron chi connectivity index (χ3n) is 2.70. The molecule has 3 aromatic heterocycles. The van der Waals surface area contributed by atoms with E-state index in [0.717, 1.165) is 22.2 Å². The second kappa shape index (κ2) is 6.18. The van der Waals surface area contributed by atoms with E-state index in [-0.39, 0.29) is 60.2 Å². The van der Waals surface area contributed by atoms with Gasteiger partial charge in [-0.3, -0.25) is 4.98 Å². The Kier molecular flexibility index (Phi) is 5.33. The third kappa shape index (κ3) is 2.27. The summed E-state index contributed by atoms with van der Waals surface area (Å²) in [6, 6.07) is 9.04. The van der Waals surface area contributed by atoms with Gasteiger partial charge in [-0.25, -0.2) is 9.50 Å². The molecule has 0 saturated carbocycles. The third-order valence-corrected chi connectivity index (χ3v) is 2.70. The van der Waals surface area contributed by atoms with Gasteiger partial charge in [0.25, 0.3) is 0 Å². The summed E-state index contributed by atoms with van der Waals surface area (Å²) in [5.74, 6) is 0. The van der Waals surface area contributed by atoms with Crippen LogP contribution in [0.1, 0.15) is 0 Å². The Hall–Kier alpha value is -0.677. The van der Waals surface area contributed by atoms with Crippen LogP contribution in [-0.2, 0) is 52.8 Å². The molecule has 1 aromatic carbocycles. The van der Waals surface area contributed by atoms with Crippen molar-refractivity contribution in [1.82, 2.24) is 24.0 Å². The number of rotatable bonds is 0. The van der Waals surface area contributed by atoms with E-state index < -0.39 is 0 Å². The molecule has 0 aliphatic carbocycles. The zero-order chi connectivity index (χ0) is 10.5. The zero-order valence-corrected chi connectivity index (χ0v) is 15.3. The van der Waals surface area contributed by atoms with Crippen molar-refractivity contribution in [3.63, 3.8) is 0 Å². The molecule has 0 saturated heterocycles. The Labute approximate surface area is 148 Å². The van der Waals surface area contributed by atoms with Gasteiger partial charge in [0.05, 0.1) is 18.2 Å². The van der Waals surface area contributed by atoms with Crippen LogP contribution < -0.4 is 0 Å². The molecular weight excluding hydrogens is 495 g/mol. The van der Waals surface area contributed by atoms with Gasteiger partial charge in [0.15, 0.2) is 0 Å². The van der Waals surface area contributed by atoms with Crippen molar-refractivity contribution >= 4 is 22.2 Å². The summed E-state index contributed by atoms with van der Waals surface area (Å²) in [6.07, 6.45) is 5.09. The molecule has 0 bridgehead atoms. The Morgan fingerprint density at radius 3 is 2.95 bits per heavy atom. The minimum Gasteiger partial charge on any atom is -0.358 e. The summed E-state index contributed by atoms with van der Waals surface area (Å²) in [5, 5.41) is 5.14. The van der Waals surface area contributed by atoms with Crippen LogP contribution in [0.25, 0.3) is 22.2 Å². The maximum Gasteiger partial charge on any atom is 0.142 e. The van der Waals surface area contributed by atoms with Crippen LogP contribution >= 0.6 is 0 Å². The fraction of sp³-hybridized carbons (Fsp3) is 0. The minimum absolute atomic E-state index is 0. The largest absolute Gasteiger partial charge is 0.358 e. The fourth-order valence-electron chi connectivity index (χ4n) is 2.02. The molecule has 4 rings (SSSR count). The Morgan fingerprint density at radius 2 is 2.11 bits per heavy atom. The van der Waals surface area contributed by atoms with E-state index >= 15 is 0 Å². The van der Waals surface area contributed by atoms with E-state index in [0.29, 0.717) is 0 Å². The molecule has 5 nitrogen and oxygen atoms in total. The van der Waals surface area contributed by atoms with Crippen LogP contribution in [0.3, 0.4) is 0 Å². The van der Waals surface area contributed by atoms with E-state index in [2.05, 4.69) is 21.1 Å². The first kappa shape index (κ1) is 16.4. The van der Waals surface area contributed by atoms with Gasteiger partial charge < -0.3 is 11.8 Å². The van der Waals surface area contributed by atoms with E-state index in [1.54, 1.807) is 23.4 Å². The molecule has 4 aromatic rings. The Balaban J connectivity index is 0.000000602. The number of fused-ring (bicyclic) bond motifs is 6. The standard InChI is InChI=1S/C11H6N5.CH3.Ir.Y/c1-2-4-9-8(3-1)11-13-6-14-16(11)10-5-12-7-15(9)10;;;/h1-2,4-7H;1H3;;/q2*-1;;. The normalized spacial score (nSPS) is 9.89. The molecule has 0 amide bonds. The predicted octanol–water partition coefficient (Wildman–Crippen LogP) is 1.78. The fourth-order valence-corrected chi connectivity index (χ4v) is 2.02. The number of nitrogens with zero attached hydrogens (tertiary/aromatic N) is 5. The Bertz CT molecular complexity index is 753. The van der Waals surface area contributed by atoms with Gasteiger partial charge in [-0.15, -0.1) is 24.3 Å². The van der Waals surface area contributed by atoms with Crippen molar-refractivity contribution in [2.75, 3.05) is 0 Å². The van der Waals surface area contributed by atoms with Crippen molar-refractivity contribution in [1.29, 1.82) is 0 Å². The molecular formula is C12H9IrN5Y-2. The van der Waals surface area contributed by atoms with Crippen molar-refractivity contribution in [2.24, 2.45) is 0 Å². The van der Waals surface area contributed by atoms with Gasteiger partial charge in [-0.05, 0) is 5.52 Å². The molecule has 0 N–H and O–H groups in total. The van der Waals surface area contributed by atoms with Crippen molar-refractivity contribution < 1.29 is 52.8 Å². The molecule has 0 fully saturated rings. The van der Waals surface area contributed by atoms with E-state index in [1.807, 2.05) is 22.6 Å². The van der Waals surface area contributed by atoms with Crippen molar-refractivity contribution in [3.05, 3.63) is 50.5 Å². The molecule has 0 unspecified atom stereocenters. The number of hydrogen-bond acceptors (Lipinski definition) is 3. The topological polar surface area (TPSA) is 47.5 Å². The summed E-state index contributed by atoms with van der Waals surface area (Å²) in [7, 11) is 0. The number of benzene rings is 1. The van der Waals surface area contributed by atoms with Gasteiger partial charge in [-0.1, -0.05) is 5.39 Å². The summed E-state index contributed by atoms with van der Waals surface area (Å²) in [4.78, 5) is 8.40. The maximum atomic E-state index is 4.26. The van der Waals surface area contributed by atoms with Gasteiger partial charge >= 0.3 is 0 Å². The molecule has 7 heteroatoms. The van der Waals surface area contributed by atoms with Crippen LogP contribution in [-0.4, -0.2) is 24.0 Å². The molecule has 3 heterocycles. The second-order valence-corrected chi connectivity index (χ2v) is 3.55. The molecule has 0 aliphatic rings. The van der Waals surface area contributed by atoms with E-state index in [1.165, 1.54) is 0 Å². The minimum atomic E-state index is 0. The average Bonchev–Trinajstić information content (AvgIpc) is 2.98. The van der Waals surface area contributed by atoms with Crippen LogP contribution in [0.2, 0.25) is 0 Å². The van der Waals surface area contributed by atoms with E-state index in [9.17, 15) is 0 Å². The SMILES string of the molecule is [CH3-].[Ir].[Y].[c-]1cccc2c1c1ncnn1c1cncn21. The zero-order valence-electron chi connectivity index (χ0n) is 10.1. The van der Waals surface area contributed by atoms with Crippen LogP contribution in [0, 0.1) is 13.5 Å². The van der Waals surface area contributed by atoms with Crippen molar-refractivity contribution in [3.8, 4) is 0 Å². The molecule has 19 heavy (non-hydrogen) atoms. The first-order valence-corrected chi connectivity index (χ1v) is 4.89. The van der Waals surface area contributed by atoms with Crippen LogP contribution in [0.5, 0.6) is 0 Å². The summed E-state index contributed by atoms with van der Waals surface area (Å²) in [6.45, 7) is 0. The maximum absolute atomic E-state index is 4.26. The van der Waals surface area contributed by atoms with Crippen LogP contribution in [0.15, 0.2) is 37.1 Å². The van der Waals surface area contributed by atoms with Gasteiger partial charge in [-0.2, -0.15) is 5.10 Å².